The second kappa shape index (κ2) is 9.20. The van der Waals surface area contributed by atoms with Crippen molar-refractivity contribution in [1.82, 2.24) is 5.32 Å². The highest BCUT2D eigenvalue weighted by Crippen LogP contribution is 2.27. The summed E-state index contributed by atoms with van der Waals surface area (Å²) >= 11 is 0. The molecular weight excluding hydrogens is 335 g/mol. The first kappa shape index (κ1) is 19.7. The fourth-order valence-corrected chi connectivity index (χ4v) is 2.54. The minimum absolute atomic E-state index is 0.269. The fourth-order valence-electron chi connectivity index (χ4n) is 2.54. The van der Waals surface area contributed by atoms with Crippen LogP contribution in [0.1, 0.15) is 25.8 Å². The molecule has 1 atom stereocenters. The molecule has 0 aliphatic heterocycles. The molecule has 0 aromatic heterocycles. The summed E-state index contributed by atoms with van der Waals surface area (Å²) in [7, 11) is 1.57. The van der Waals surface area contributed by atoms with E-state index in [1.54, 1.807) is 7.11 Å². The Bertz CT molecular complexity index is 724. The predicted molar refractivity (Wildman–Crippen MR) is 100 cm³/mol. The van der Waals surface area contributed by atoms with E-state index in [1.807, 2.05) is 44.2 Å². The van der Waals surface area contributed by atoms with Crippen molar-refractivity contribution in [3.63, 3.8) is 0 Å². The number of carbonyl (C=O) groups excluding carboxylic acids is 1. The molecule has 140 valence electrons. The Morgan fingerprint density at radius 3 is 2.54 bits per heavy atom. The molecule has 2 amide bonds. The highest BCUT2D eigenvalue weighted by molar-refractivity contribution is 5.91. The molecule has 2 aromatic rings. The smallest absolute Gasteiger partial charge is 0.320 e. The van der Waals surface area contributed by atoms with Crippen LogP contribution in [0, 0.1) is 5.82 Å². The number of rotatable bonds is 8. The van der Waals surface area contributed by atoms with Crippen molar-refractivity contribution in [2.45, 2.75) is 25.8 Å². The molecule has 0 radical (unpaired) electrons. The molecule has 0 saturated carbocycles. The molecule has 0 fully saturated rings. The number of methoxy groups -OCH3 is 1. The zero-order valence-electron chi connectivity index (χ0n) is 15.3. The molecule has 26 heavy (non-hydrogen) atoms. The summed E-state index contributed by atoms with van der Waals surface area (Å²) in [6.07, 6.45) is 0.699. The number of hydrogen-bond acceptors (Lipinski definition) is 3. The first-order chi connectivity index (χ1) is 12.5. The van der Waals surface area contributed by atoms with Gasteiger partial charge < -0.3 is 20.1 Å². The van der Waals surface area contributed by atoms with Gasteiger partial charge in [0.05, 0.1) is 17.8 Å². The van der Waals surface area contributed by atoms with Crippen LogP contribution in [0.2, 0.25) is 0 Å². The maximum Gasteiger partial charge on any atom is 0.320 e. The Balaban J connectivity index is 2.12. The van der Waals surface area contributed by atoms with E-state index in [4.69, 9.17) is 9.47 Å². The zero-order valence-corrected chi connectivity index (χ0v) is 15.3. The van der Waals surface area contributed by atoms with E-state index in [-0.39, 0.29) is 5.69 Å². The van der Waals surface area contributed by atoms with E-state index in [1.165, 1.54) is 18.2 Å². The number of hydrogen-bond donors (Lipinski definition) is 2. The lowest BCUT2D eigenvalue weighted by Gasteiger charge is -2.30. The van der Waals surface area contributed by atoms with E-state index in [2.05, 4.69) is 10.6 Å². The Morgan fingerprint density at radius 1 is 1.15 bits per heavy atom. The van der Waals surface area contributed by atoms with Gasteiger partial charge in [0.15, 0.2) is 0 Å². The second-order valence-corrected chi connectivity index (χ2v) is 6.11. The third kappa shape index (κ3) is 5.20. The third-order valence-electron chi connectivity index (χ3n) is 4.24. The maximum absolute atomic E-state index is 13.6. The van der Waals surface area contributed by atoms with Crippen molar-refractivity contribution < 1.29 is 18.7 Å². The van der Waals surface area contributed by atoms with Gasteiger partial charge in [-0.1, -0.05) is 37.3 Å². The molecule has 2 N–H and O–H groups in total. The Morgan fingerprint density at radius 2 is 1.88 bits per heavy atom. The first-order valence-corrected chi connectivity index (χ1v) is 8.54. The van der Waals surface area contributed by atoms with Gasteiger partial charge in [0, 0.05) is 13.2 Å². The number of nitrogens with one attached hydrogen (secondary N) is 2. The van der Waals surface area contributed by atoms with E-state index in [9.17, 15) is 9.18 Å². The van der Waals surface area contributed by atoms with Crippen molar-refractivity contribution in [1.29, 1.82) is 0 Å². The molecule has 5 nitrogen and oxygen atoms in total. The Labute approximate surface area is 153 Å². The normalized spacial score (nSPS) is 12.9. The molecule has 0 spiro atoms. The Hall–Kier alpha value is -2.60. The van der Waals surface area contributed by atoms with Gasteiger partial charge in [-0.25, -0.2) is 9.18 Å². The van der Waals surface area contributed by atoms with Gasteiger partial charge in [0.25, 0.3) is 0 Å². The van der Waals surface area contributed by atoms with Crippen LogP contribution >= 0.6 is 0 Å². The first-order valence-electron chi connectivity index (χ1n) is 8.54. The largest absolute Gasteiger partial charge is 0.489 e. The molecular formula is C20H25FN2O3. The number of ether oxygens (including phenoxy) is 2. The van der Waals surface area contributed by atoms with E-state index < -0.39 is 17.4 Å². The number of amides is 2. The van der Waals surface area contributed by atoms with Gasteiger partial charge in [-0.15, -0.1) is 0 Å². The summed E-state index contributed by atoms with van der Waals surface area (Å²) in [6, 6.07) is 13.3. The minimum Gasteiger partial charge on any atom is -0.489 e. The molecule has 2 aromatic carbocycles. The number of urea groups is 1. The fraction of sp³-hybridized carbons (Fsp3) is 0.350. The average Bonchev–Trinajstić information content (AvgIpc) is 2.64. The van der Waals surface area contributed by atoms with Gasteiger partial charge in [-0.2, -0.15) is 0 Å². The standard InChI is InChI=1S/C20H25FN2O3/c1-4-20(2,15-8-6-5-7-9-15)23-19(24)22-17-14-16(21)10-11-18(17)26-13-12-25-3/h5-11,14H,4,12-13H2,1-3H3,(H2,22,23,24). The summed E-state index contributed by atoms with van der Waals surface area (Å²) in [6.45, 7) is 4.64. The summed E-state index contributed by atoms with van der Waals surface area (Å²) in [4.78, 5) is 12.5. The summed E-state index contributed by atoms with van der Waals surface area (Å²) < 4.78 is 24.1. The predicted octanol–water partition coefficient (Wildman–Crippen LogP) is 4.30. The highest BCUT2D eigenvalue weighted by atomic mass is 19.1. The average molecular weight is 360 g/mol. The lowest BCUT2D eigenvalue weighted by molar-refractivity contribution is 0.146. The topological polar surface area (TPSA) is 59.6 Å². The lowest BCUT2D eigenvalue weighted by atomic mass is 9.89. The highest BCUT2D eigenvalue weighted by Gasteiger charge is 2.26. The summed E-state index contributed by atoms with van der Waals surface area (Å²) in [5.74, 6) is -0.0720. The van der Waals surface area contributed by atoms with Gasteiger partial charge >= 0.3 is 6.03 Å². The van der Waals surface area contributed by atoms with Gasteiger partial charge in [0.2, 0.25) is 0 Å². The Kier molecular flexibility index (Phi) is 6.97. The van der Waals surface area contributed by atoms with Gasteiger partial charge in [-0.3, -0.25) is 0 Å². The van der Waals surface area contributed by atoms with Crippen molar-refractivity contribution in [3.05, 3.63) is 59.9 Å². The van der Waals surface area contributed by atoms with Crippen LogP contribution in [-0.4, -0.2) is 26.4 Å². The quantitative estimate of drug-likeness (QED) is 0.690. The van der Waals surface area contributed by atoms with E-state index >= 15 is 0 Å². The van der Waals surface area contributed by atoms with Crippen LogP contribution in [0.3, 0.4) is 0 Å². The lowest BCUT2D eigenvalue weighted by Crippen LogP contribution is -2.45. The molecule has 0 aliphatic carbocycles. The minimum atomic E-state index is -0.546. The molecule has 0 bridgehead atoms. The van der Waals surface area contributed by atoms with E-state index in [0.717, 1.165) is 5.56 Å². The number of anilines is 1. The summed E-state index contributed by atoms with van der Waals surface area (Å²) in [5, 5.41) is 5.65. The van der Waals surface area contributed by atoms with Gasteiger partial charge in [-0.05, 0) is 31.0 Å². The van der Waals surface area contributed by atoms with Crippen molar-refractivity contribution in [3.8, 4) is 5.75 Å². The molecule has 0 aliphatic rings. The van der Waals surface area contributed by atoms with Crippen LogP contribution in [0.15, 0.2) is 48.5 Å². The van der Waals surface area contributed by atoms with Gasteiger partial charge in [0.1, 0.15) is 18.2 Å². The second-order valence-electron chi connectivity index (χ2n) is 6.11. The van der Waals surface area contributed by atoms with Crippen LogP contribution in [-0.2, 0) is 10.3 Å². The molecule has 0 heterocycles. The molecule has 0 saturated heterocycles. The number of halogens is 1. The van der Waals surface area contributed by atoms with Crippen LogP contribution in [0.4, 0.5) is 14.9 Å². The maximum atomic E-state index is 13.6. The number of carbonyl (C=O) groups is 1. The molecule has 2 rings (SSSR count). The third-order valence-corrected chi connectivity index (χ3v) is 4.24. The van der Waals surface area contributed by atoms with Crippen molar-refractivity contribution in [2.75, 3.05) is 25.6 Å². The molecule has 1 unspecified atom stereocenters. The summed E-state index contributed by atoms with van der Waals surface area (Å²) in [5.41, 5.74) is 0.717. The van der Waals surface area contributed by atoms with Crippen LogP contribution in [0.5, 0.6) is 5.75 Å². The van der Waals surface area contributed by atoms with E-state index in [0.29, 0.717) is 25.4 Å². The van der Waals surface area contributed by atoms with Crippen LogP contribution < -0.4 is 15.4 Å². The number of benzene rings is 2. The monoisotopic (exact) mass is 360 g/mol. The SMILES string of the molecule is CCC(C)(NC(=O)Nc1cc(F)ccc1OCCOC)c1ccccc1. The van der Waals surface area contributed by atoms with Crippen molar-refractivity contribution in [2.24, 2.45) is 0 Å². The molecule has 6 heteroatoms. The van der Waals surface area contributed by atoms with Crippen molar-refractivity contribution >= 4 is 11.7 Å². The zero-order chi connectivity index (χ0) is 19.0. The van der Waals surface area contributed by atoms with Crippen LogP contribution in [0.25, 0.3) is 0 Å².